The molecule has 1 rings (SSSR count). The number of carbonyl (C=O) groups is 1. The van der Waals surface area contributed by atoms with Crippen LogP contribution in [0.4, 0.5) is 17.6 Å². The molecule has 0 atom stereocenters. The Morgan fingerprint density at radius 2 is 2.05 bits per heavy atom. The van der Waals surface area contributed by atoms with E-state index in [1.54, 1.807) is 0 Å². The summed E-state index contributed by atoms with van der Waals surface area (Å²) in [5.74, 6) is -2.85. The fraction of sp³-hybridized carbons (Fsp3) is 0.333. The Bertz CT molecular complexity index is 549. The highest BCUT2D eigenvalue weighted by Gasteiger charge is 2.33. The lowest BCUT2D eigenvalue weighted by atomic mass is 10.1. The van der Waals surface area contributed by atoms with E-state index in [4.69, 9.17) is 5.26 Å². The van der Waals surface area contributed by atoms with Crippen molar-refractivity contribution >= 4 is 5.97 Å². The van der Waals surface area contributed by atoms with Crippen molar-refractivity contribution in [2.45, 2.75) is 19.7 Å². The molecular weight excluding hydrogens is 282 g/mol. The lowest BCUT2D eigenvalue weighted by Crippen LogP contribution is -2.19. The third-order valence-electron chi connectivity index (χ3n) is 2.14. The molecule has 0 aromatic heterocycles. The molecule has 4 nitrogen and oxygen atoms in total. The van der Waals surface area contributed by atoms with Crippen LogP contribution in [0.15, 0.2) is 12.1 Å². The van der Waals surface area contributed by atoms with Crippen LogP contribution in [0, 0.1) is 17.1 Å². The van der Waals surface area contributed by atoms with Crippen LogP contribution in [0.3, 0.4) is 0 Å². The molecule has 1 aromatic carbocycles. The summed E-state index contributed by atoms with van der Waals surface area (Å²) in [6.07, 6.45) is -5.60. The minimum Gasteiger partial charge on any atom is -0.466 e. The summed E-state index contributed by atoms with van der Waals surface area (Å²) in [7, 11) is 0. The number of nitriles is 1. The first-order valence-corrected chi connectivity index (χ1v) is 5.40. The fourth-order valence-corrected chi connectivity index (χ4v) is 1.41. The standard InChI is InChI=1S/C12H9F4NO3/c1-2-19-11(18)4-7-3-8(6-17)9(13)5-10(7)20-12(14,15)16/h3,5H,2,4H2,1H3. The Kier molecular flexibility index (Phi) is 4.91. The number of ether oxygens (including phenoxy) is 2. The van der Waals surface area contributed by atoms with E-state index >= 15 is 0 Å². The highest BCUT2D eigenvalue weighted by Crippen LogP contribution is 2.29. The van der Waals surface area contributed by atoms with Crippen molar-refractivity contribution in [2.75, 3.05) is 6.61 Å². The smallest absolute Gasteiger partial charge is 0.466 e. The molecule has 1 aromatic rings. The molecule has 0 aliphatic heterocycles. The van der Waals surface area contributed by atoms with Crippen LogP contribution in [0.1, 0.15) is 18.1 Å². The minimum atomic E-state index is -5.04. The van der Waals surface area contributed by atoms with E-state index in [0.29, 0.717) is 6.07 Å². The molecule has 8 heteroatoms. The number of rotatable bonds is 4. The lowest BCUT2D eigenvalue weighted by molar-refractivity contribution is -0.275. The largest absolute Gasteiger partial charge is 0.573 e. The van der Waals surface area contributed by atoms with Crippen molar-refractivity contribution in [1.82, 2.24) is 0 Å². The van der Waals surface area contributed by atoms with Gasteiger partial charge in [0.1, 0.15) is 17.6 Å². The Labute approximate surface area is 111 Å². The Balaban J connectivity index is 3.16. The predicted octanol–water partition coefficient (Wildman–Crippen LogP) is 2.70. The lowest BCUT2D eigenvalue weighted by Gasteiger charge is -2.13. The fourth-order valence-electron chi connectivity index (χ4n) is 1.41. The Hall–Kier alpha value is -2.30. The van der Waals surface area contributed by atoms with Gasteiger partial charge in [0.15, 0.2) is 0 Å². The first-order chi connectivity index (χ1) is 9.26. The van der Waals surface area contributed by atoms with Gasteiger partial charge in [0.05, 0.1) is 18.6 Å². The maximum atomic E-state index is 13.3. The van der Waals surface area contributed by atoms with Gasteiger partial charge in [0, 0.05) is 11.6 Å². The average Bonchev–Trinajstić information content (AvgIpc) is 2.30. The summed E-state index contributed by atoms with van der Waals surface area (Å²) in [5.41, 5.74) is -0.766. The molecule has 20 heavy (non-hydrogen) atoms. The molecule has 0 heterocycles. The number of esters is 1. The van der Waals surface area contributed by atoms with Gasteiger partial charge in [-0.05, 0) is 13.0 Å². The van der Waals surface area contributed by atoms with Gasteiger partial charge in [0.25, 0.3) is 0 Å². The molecule has 0 unspecified atom stereocenters. The number of hydrogen-bond acceptors (Lipinski definition) is 4. The molecule has 0 spiro atoms. The summed E-state index contributed by atoms with van der Waals surface area (Å²) in [6.45, 7) is 1.57. The van der Waals surface area contributed by atoms with Gasteiger partial charge in [0.2, 0.25) is 0 Å². The van der Waals surface area contributed by atoms with Crippen LogP contribution in [0.25, 0.3) is 0 Å². The Morgan fingerprint density at radius 1 is 1.40 bits per heavy atom. The third kappa shape index (κ3) is 4.42. The van der Waals surface area contributed by atoms with E-state index in [9.17, 15) is 22.4 Å². The van der Waals surface area contributed by atoms with Crippen molar-refractivity contribution in [3.63, 3.8) is 0 Å². The first kappa shape index (κ1) is 15.8. The van der Waals surface area contributed by atoms with Crippen molar-refractivity contribution in [1.29, 1.82) is 5.26 Å². The second-order valence-corrected chi connectivity index (χ2v) is 3.58. The van der Waals surface area contributed by atoms with Gasteiger partial charge in [-0.2, -0.15) is 5.26 Å². The van der Waals surface area contributed by atoms with E-state index in [0.717, 1.165) is 6.07 Å². The van der Waals surface area contributed by atoms with Gasteiger partial charge in [-0.1, -0.05) is 0 Å². The summed E-state index contributed by atoms with van der Waals surface area (Å²) >= 11 is 0. The zero-order valence-electron chi connectivity index (χ0n) is 10.3. The molecule has 0 fully saturated rings. The maximum Gasteiger partial charge on any atom is 0.573 e. The summed E-state index contributed by atoms with van der Waals surface area (Å²) in [4.78, 5) is 11.3. The zero-order valence-corrected chi connectivity index (χ0v) is 10.3. The van der Waals surface area contributed by atoms with E-state index in [2.05, 4.69) is 9.47 Å². The molecule has 0 radical (unpaired) electrons. The first-order valence-electron chi connectivity index (χ1n) is 5.40. The molecule has 0 bridgehead atoms. The van der Waals surface area contributed by atoms with Crippen LogP contribution in [-0.4, -0.2) is 18.9 Å². The van der Waals surface area contributed by atoms with Crippen LogP contribution in [0.2, 0.25) is 0 Å². The van der Waals surface area contributed by atoms with E-state index in [1.165, 1.54) is 13.0 Å². The quantitative estimate of drug-likeness (QED) is 0.632. The van der Waals surface area contributed by atoms with Crippen molar-refractivity contribution in [2.24, 2.45) is 0 Å². The van der Waals surface area contributed by atoms with Gasteiger partial charge in [-0.25, -0.2) is 4.39 Å². The molecule has 108 valence electrons. The van der Waals surface area contributed by atoms with E-state index in [-0.39, 0.29) is 12.2 Å². The third-order valence-corrected chi connectivity index (χ3v) is 2.14. The maximum absolute atomic E-state index is 13.3. The van der Waals surface area contributed by atoms with Crippen LogP contribution in [-0.2, 0) is 16.0 Å². The van der Waals surface area contributed by atoms with E-state index < -0.39 is 35.9 Å². The number of halogens is 4. The van der Waals surface area contributed by atoms with Crippen molar-refractivity contribution in [3.05, 3.63) is 29.1 Å². The van der Waals surface area contributed by atoms with Crippen LogP contribution in [0.5, 0.6) is 5.75 Å². The summed E-state index contributed by atoms with van der Waals surface area (Å²) in [6, 6.07) is 2.71. The molecule has 0 aliphatic rings. The summed E-state index contributed by atoms with van der Waals surface area (Å²) in [5, 5.41) is 8.63. The molecule has 0 saturated heterocycles. The number of hydrogen-bond donors (Lipinski definition) is 0. The van der Waals surface area contributed by atoms with E-state index in [1.807, 2.05) is 0 Å². The van der Waals surface area contributed by atoms with Gasteiger partial charge < -0.3 is 9.47 Å². The number of nitrogens with zero attached hydrogens (tertiary/aromatic N) is 1. The summed E-state index contributed by atoms with van der Waals surface area (Å²) < 4.78 is 58.1. The SMILES string of the molecule is CCOC(=O)Cc1cc(C#N)c(F)cc1OC(F)(F)F. The molecular formula is C12H9F4NO3. The van der Waals surface area contributed by atoms with Crippen LogP contribution < -0.4 is 4.74 Å². The average molecular weight is 291 g/mol. The minimum absolute atomic E-state index is 0.0423. The van der Waals surface area contributed by atoms with Crippen molar-refractivity contribution < 1.29 is 31.8 Å². The zero-order chi connectivity index (χ0) is 15.3. The Morgan fingerprint density at radius 3 is 2.55 bits per heavy atom. The topological polar surface area (TPSA) is 59.3 Å². The van der Waals surface area contributed by atoms with Crippen molar-refractivity contribution in [3.8, 4) is 11.8 Å². The molecule has 0 saturated carbocycles. The monoisotopic (exact) mass is 291 g/mol. The molecule has 0 N–H and O–H groups in total. The molecule has 0 amide bonds. The molecule has 0 aliphatic carbocycles. The van der Waals surface area contributed by atoms with Gasteiger partial charge >= 0.3 is 12.3 Å². The number of alkyl halides is 3. The number of carbonyl (C=O) groups excluding carboxylic acids is 1. The normalized spacial score (nSPS) is 10.8. The highest BCUT2D eigenvalue weighted by atomic mass is 19.4. The van der Waals surface area contributed by atoms with Gasteiger partial charge in [-0.15, -0.1) is 13.2 Å². The van der Waals surface area contributed by atoms with Gasteiger partial charge in [-0.3, -0.25) is 4.79 Å². The number of benzene rings is 1. The second-order valence-electron chi connectivity index (χ2n) is 3.58. The predicted molar refractivity (Wildman–Crippen MR) is 58.1 cm³/mol. The second kappa shape index (κ2) is 6.23. The van der Waals surface area contributed by atoms with Crippen LogP contribution >= 0.6 is 0 Å². The highest BCUT2D eigenvalue weighted by molar-refractivity contribution is 5.73.